The number of aromatic nitrogens is 2. The van der Waals surface area contributed by atoms with Crippen molar-refractivity contribution >= 4 is 29.3 Å². The number of carboxylic acid groups (broad SMARTS) is 1. The number of carbonyl (C=O) groups excluding carboxylic acids is 1. The fourth-order valence-electron chi connectivity index (χ4n) is 4.04. The van der Waals surface area contributed by atoms with Crippen molar-refractivity contribution < 1.29 is 27.9 Å². The molecule has 0 saturated carbocycles. The van der Waals surface area contributed by atoms with Gasteiger partial charge in [0.05, 0.1) is 0 Å². The number of amides is 1. The predicted octanol–water partition coefficient (Wildman–Crippen LogP) is 4.59. The van der Waals surface area contributed by atoms with E-state index in [4.69, 9.17) is 9.90 Å². The number of hydrogen-bond acceptors (Lipinski definition) is 7. The number of nitrogens with zero attached hydrogens (tertiary/aromatic N) is 3. The van der Waals surface area contributed by atoms with E-state index in [9.17, 15) is 18.0 Å². The molecule has 214 valence electrons. The van der Waals surface area contributed by atoms with E-state index in [2.05, 4.69) is 30.8 Å². The fraction of sp³-hybridized carbons (Fsp3) is 0.357. The van der Waals surface area contributed by atoms with Crippen molar-refractivity contribution in [1.29, 1.82) is 0 Å². The van der Waals surface area contributed by atoms with Crippen LogP contribution in [0.5, 0.6) is 0 Å². The summed E-state index contributed by atoms with van der Waals surface area (Å²) in [5, 5.41) is 16.8. The van der Waals surface area contributed by atoms with Gasteiger partial charge in [-0.2, -0.15) is 18.2 Å². The van der Waals surface area contributed by atoms with Crippen molar-refractivity contribution in [2.75, 3.05) is 42.1 Å². The van der Waals surface area contributed by atoms with Crippen molar-refractivity contribution in [2.45, 2.75) is 38.4 Å². The Morgan fingerprint density at radius 1 is 1.00 bits per heavy atom. The predicted molar refractivity (Wildman–Crippen MR) is 147 cm³/mol. The lowest BCUT2D eigenvalue weighted by Crippen LogP contribution is -2.37. The van der Waals surface area contributed by atoms with Gasteiger partial charge in [-0.25, -0.2) is 9.78 Å². The Labute approximate surface area is 230 Å². The molecule has 9 nitrogen and oxygen atoms in total. The Hall–Kier alpha value is -4.19. The van der Waals surface area contributed by atoms with Gasteiger partial charge in [-0.1, -0.05) is 48.5 Å². The van der Waals surface area contributed by atoms with Crippen molar-refractivity contribution in [1.82, 2.24) is 14.9 Å². The van der Waals surface area contributed by atoms with Crippen LogP contribution in [-0.4, -0.2) is 70.2 Å². The number of hydrogen-bond donors (Lipinski definition) is 4. The molecule has 4 rings (SSSR count). The molecule has 1 fully saturated rings. The summed E-state index contributed by atoms with van der Waals surface area (Å²) >= 11 is 0. The maximum atomic E-state index is 13.2. The topological polar surface area (TPSA) is 119 Å². The normalized spacial score (nSPS) is 14.0. The Morgan fingerprint density at radius 2 is 1.60 bits per heavy atom. The Kier molecular flexibility index (Phi) is 11.2. The highest BCUT2D eigenvalue weighted by molar-refractivity contribution is 5.96. The number of anilines is 3. The molecule has 0 radical (unpaired) electrons. The maximum absolute atomic E-state index is 13.2. The number of para-hydroxylation sites is 1. The van der Waals surface area contributed by atoms with Crippen LogP contribution in [0.1, 0.15) is 24.1 Å². The molecule has 4 N–H and O–H groups in total. The van der Waals surface area contributed by atoms with Crippen LogP contribution >= 0.6 is 0 Å². The highest BCUT2D eigenvalue weighted by atomic mass is 19.4. The first-order valence-electron chi connectivity index (χ1n) is 12.9. The maximum Gasteiger partial charge on any atom is 0.490 e. The van der Waals surface area contributed by atoms with E-state index < -0.39 is 18.2 Å². The first-order chi connectivity index (χ1) is 19.1. The van der Waals surface area contributed by atoms with Gasteiger partial charge in [0.25, 0.3) is 0 Å². The van der Waals surface area contributed by atoms with Crippen LogP contribution in [0, 0.1) is 6.92 Å². The second-order valence-corrected chi connectivity index (χ2v) is 9.24. The number of benzene rings is 2. The fourth-order valence-corrected chi connectivity index (χ4v) is 4.04. The summed E-state index contributed by atoms with van der Waals surface area (Å²) in [7, 11) is 0. The lowest BCUT2D eigenvalue weighted by molar-refractivity contribution is -0.192. The number of likely N-dealkylation sites (tertiary alicyclic amines) is 1. The van der Waals surface area contributed by atoms with E-state index in [1.54, 1.807) is 0 Å². The molecule has 1 aliphatic heterocycles. The SMILES string of the molecule is Cc1cc(N[C@@H](Cc2ccccc2)C(=O)Nc2ccccc2)nc(NCCN2CCCC2)n1.O=C(O)C(F)(F)F. The second-order valence-electron chi connectivity index (χ2n) is 9.24. The minimum Gasteiger partial charge on any atom is -0.475 e. The molecule has 1 aliphatic rings. The number of rotatable bonds is 10. The smallest absolute Gasteiger partial charge is 0.475 e. The molecule has 2 aromatic carbocycles. The molecule has 0 bridgehead atoms. The number of nitrogens with one attached hydrogen (secondary N) is 3. The van der Waals surface area contributed by atoms with Crippen molar-refractivity contribution in [3.8, 4) is 0 Å². The summed E-state index contributed by atoms with van der Waals surface area (Å²) in [5.41, 5.74) is 2.69. The van der Waals surface area contributed by atoms with E-state index in [-0.39, 0.29) is 5.91 Å². The van der Waals surface area contributed by atoms with Gasteiger partial charge in [-0.3, -0.25) is 4.79 Å². The van der Waals surface area contributed by atoms with Gasteiger partial charge in [-0.15, -0.1) is 0 Å². The molecule has 2 heterocycles. The summed E-state index contributed by atoms with van der Waals surface area (Å²) in [6.45, 7) is 6.05. The van der Waals surface area contributed by atoms with Gasteiger partial charge in [-0.05, 0) is 50.6 Å². The van der Waals surface area contributed by atoms with Crippen LogP contribution < -0.4 is 16.0 Å². The molecule has 3 aromatic rings. The molecule has 12 heteroatoms. The average Bonchev–Trinajstić information content (AvgIpc) is 3.43. The van der Waals surface area contributed by atoms with Crippen LogP contribution in [0.2, 0.25) is 0 Å². The zero-order chi connectivity index (χ0) is 29.0. The molecular formula is C28H33F3N6O3. The summed E-state index contributed by atoms with van der Waals surface area (Å²) in [4.78, 5) is 33.7. The standard InChI is InChI=1S/C26H32N6O.C2HF3O2/c1-20-18-24(31-26(28-20)27-14-17-32-15-8-9-16-32)30-23(19-21-10-4-2-5-11-21)25(33)29-22-12-6-3-7-13-22;3-2(4,5)1(6)7/h2-7,10-13,18,23H,8-9,14-17,19H2,1H3,(H,29,33)(H2,27,28,30,31);(H,6,7)/t23-;/m0./s1. The van der Waals surface area contributed by atoms with Gasteiger partial charge >= 0.3 is 12.1 Å². The number of carbonyl (C=O) groups is 2. The third-order valence-electron chi connectivity index (χ3n) is 5.97. The van der Waals surface area contributed by atoms with E-state index in [0.29, 0.717) is 18.2 Å². The number of aryl methyl sites for hydroxylation is 1. The second kappa shape index (κ2) is 14.8. The molecule has 0 aliphatic carbocycles. The van der Waals surface area contributed by atoms with Crippen molar-refractivity contribution in [2.24, 2.45) is 0 Å². The highest BCUT2D eigenvalue weighted by Gasteiger charge is 2.38. The summed E-state index contributed by atoms with van der Waals surface area (Å²) in [5.74, 6) is -1.65. The van der Waals surface area contributed by atoms with Crippen LogP contribution in [0.4, 0.5) is 30.6 Å². The lowest BCUT2D eigenvalue weighted by Gasteiger charge is -2.20. The van der Waals surface area contributed by atoms with Gasteiger partial charge in [0.2, 0.25) is 11.9 Å². The largest absolute Gasteiger partial charge is 0.490 e. The Morgan fingerprint density at radius 3 is 2.20 bits per heavy atom. The van der Waals surface area contributed by atoms with Crippen molar-refractivity contribution in [3.63, 3.8) is 0 Å². The van der Waals surface area contributed by atoms with Crippen LogP contribution in [0.25, 0.3) is 0 Å². The van der Waals surface area contributed by atoms with Gasteiger partial charge in [0.1, 0.15) is 11.9 Å². The summed E-state index contributed by atoms with van der Waals surface area (Å²) in [6.07, 6.45) is -1.98. The van der Waals surface area contributed by atoms with Crippen LogP contribution in [-0.2, 0) is 16.0 Å². The minimum atomic E-state index is -5.08. The Balaban J connectivity index is 0.000000559. The van der Waals surface area contributed by atoms with Gasteiger partial charge in [0, 0.05) is 37.0 Å². The molecule has 0 spiro atoms. The third-order valence-corrected chi connectivity index (χ3v) is 5.97. The van der Waals surface area contributed by atoms with Crippen LogP contribution in [0.3, 0.4) is 0 Å². The highest BCUT2D eigenvalue weighted by Crippen LogP contribution is 2.16. The van der Waals surface area contributed by atoms with Crippen LogP contribution in [0.15, 0.2) is 66.7 Å². The average molecular weight is 559 g/mol. The monoisotopic (exact) mass is 558 g/mol. The van der Waals surface area contributed by atoms with E-state index in [1.165, 1.54) is 25.9 Å². The zero-order valence-electron chi connectivity index (χ0n) is 22.1. The zero-order valence-corrected chi connectivity index (χ0v) is 22.1. The van der Waals surface area contributed by atoms with Crippen molar-refractivity contribution in [3.05, 3.63) is 78.0 Å². The summed E-state index contributed by atoms with van der Waals surface area (Å²) in [6, 6.07) is 20.9. The lowest BCUT2D eigenvalue weighted by atomic mass is 10.0. The first kappa shape index (κ1) is 30.4. The molecule has 1 saturated heterocycles. The van der Waals surface area contributed by atoms with E-state index >= 15 is 0 Å². The molecule has 40 heavy (non-hydrogen) atoms. The minimum absolute atomic E-state index is 0.107. The molecule has 1 atom stereocenters. The number of carboxylic acids is 1. The van der Waals surface area contributed by atoms with Gasteiger partial charge < -0.3 is 26.0 Å². The first-order valence-corrected chi connectivity index (χ1v) is 12.9. The molecule has 0 unspecified atom stereocenters. The number of alkyl halides is 3. The number of aliphatic carboxylic acids is 1. The Bertz CT molecular complexity index is 1220. The molecule has 1 aromatic heterocycles. The quantitative estimate of drug-likeness (QED) is 0.285. The summed E-state index contributed by atoms with van der Waals surface area (Å²) < 4.78 is 31.7. The molecule has 1 amide bonds. The third kappa shape index (κ3) is 10.5. The number of halogens is 3. The van der Waals surface area contributed by atoms with Gasteiger partial charge in [0.15, 0.2) is 0 Å². The molecular weight excluding hydrogens is 525 g/mol. The van der Waals surface area contributed by atoms with E-state index in [1.807, 2.05) is 73.7 Å². The van der Waals surface area contributed by atoms with E-state index in [0.717, 1.165) is 30.0 Å².